The molecule has 1 rings (SSSR count). The Labute approximate surface area is 127 Å². The van der Waals surface area contributed by atoms with Gasteiger partial charge in [0.25, 0.3) is 0 Å². The first-order valence-electron chi connectivity index (χ1n) is 6.71. The van der Waals surface area contributed by atoms with Crippen LogP contribution in [0.15, 0.2) is 18.2 Å². The van der Waals surface area contributed by atoms with Crippen molar-refractivity contribution in [2.75, 3.05) is 0 Å². The largest absolute Gasteiger partial charge is 0.508 e. The number of benzene rings is 1. The highest BCUT2D eigenvalue weighted by molar-refractivity contribution is 5.80. The number of carbonyl (C=O) groups is 2. The number of halogens is 1. The summed E-state index contributed by atoms with van der Waals surface area (Å²) in [5, 5.41) is 20.7. The van der Waals surface area contributed by atoms with E-state index in [0.717, 1.165) is 0 Å². The normalized spacial score (nSPS) is 12.5. The number of rotatable bonds is 5. The number of carbonyl (C=O) groups excluding carboxylic acids is 1. The first-order valence-corrected chi connectivity index (χ1v) is 6.71. The van der Waals surface area contributed by atoms with Crippen molar-refractivity contribution in [3.8, 4) is 5.75 Å². The van der Waals surface area contributed by atoms with Gasteiger partial charge in [-0.25, -0.2) is 14.0 Å². The Kier molecular flexibility index (Phi) is 5.73. The molecule has 0 saturated carbocycles. The molecule has 1 atom stereocenters. The van der Waals surface area contributed by atoms with Crippen LogP contribution in [0.1, 0.15) is 31.9 Å². The maximum Gasteiger partial charge on any atom is 0.408 e. The van der Waals surface area contributed by atoms with Gasteiger partial charge in [0.1, 0.15) is 24.1 Å². The molecule has 22 heavy (non-hydrogen) atoms. The summed E-state index contributed by atoms with van der Waals surface area (Å²) >= 11 is 0. The van der Waals surface area contributed by atoms with Gasteiger partial charge >= 0.3 is 12.1 Å². The van der Waals surface area contributed by atoms with Crippen molar-refractivity contribution in [1.29, 1.82) is 0 Å². The molecule has 0 bridgehead atoms. The van der Waals surface area contributed by atoms with Crippen LogP contribution in [0.2, 0.25) is 0 Å². The third-order valence-corrected chi connectivity index (χ3v) is 2.75. The lowest BCUT2D eigenvalue weighted by Gasteiger charge is -2.22. The Bertz CT molecular complexity index is 553. The van der Waals surface area contributed by atoms with Crippen molar-refractivity contribution < 1.29 is 28.9 Å². The summed E-state index contributed by atoms with van der Waals surface area (Å²) in [5.74, 6) is -1.37. The van der Waals surface area contributed by atoms with E-state index in [1.54, 1.807) is 20.8 Å². The molecule has 7 heteroatoms. The molecule has 122 valence electrons. The van der Waals surface area contributed by atoms with E-state index in [2.05, 4.69) is 5.32 Å². The summed E-state index contributed by atoms with van der Waals surface area (Å²) in [6, 6.07) is 2.73. The predicted octanol–water partition coefficient (Wildman–Crippen LogP) is 2.38. The third kappa shape index (κ3) is 5.59. The highest BCUT2D eigenvalue weighted by Gasteiger charge is 2.25. The molecule has 3 N–H and O–H groups in total. The molecule has 1 aromatic rings. The van der Waals surface area contributed by atoms with Crippen LogP contribution in [0.3, 0.4) is 0 Å². The molecular formula is C15H20FNO5. The molecular weight excluding hydrogens is 293 g/mol. The number of phenolic OH excluding ortho intramolecular Hbond substituents is 1. The van der Waals surface area contributed by atoms with Crippen LogP contribution in [0, 0.1) is 0 Å². The minimum atomic E-state index is -1.26. The third-order valence-electron chi connectivity index (χ3n) is 2.75. The summed E-state index contributed by atoms with van der Waals surface area (Å²) < 4.78 is 17.9. The van der Waals surface area contributed by atoms with Gasteiger partial charge in [0.05, 0.1) is 0 Å². The van der Waals surface area contributed by atoms with Crippen molar-refractivity contribution in [3.63, 3.8) is 0 Å². The van der Waals surface area contributed by atoms with Crippen molar-refractivity contribution in [2.24, 2.45) is 0 Å². The molecule has 0 aliphatic rings. The summed E-state index contributed by atoms with van der Waals surface area (Å²) in [4.78, 5) is 22.9. The topological polar surface area (TPSA) is 95.9 Å². The molecule has 0 aliphatic heterocycles. The lowest BCUT2D eigenvalue weighted by molar-refractivity contribution is -0.139. The second-order valence-corrected chi connectivity index (χ2v) is 5.83. The number of phenols is 1. The average molecular weight is 313 g/mol. The summed E-state index contributed by atoms with van der Waals surface area (Å²) in [7, 11) is 0. The molecule has 1 unspecified atom stereocenters. The van der Waals surface area contributed by atoms with Gasteiger partial charge in [0.2, 0.25) is 0 Å². The van der Waals surface area contributed by atoms with Crippen LogP contribution >= 0.6 is 0 Å². The van der Waals surface area contributed by atoms with Gasteiger partial charge < -0.3 is 20.3 Å². The maximum absolute atomic E-state index is 12.9. The summed E-state index contributed by atoms with van der Waals surface area (Å²) in [5.41, 5.74) is -0.184. The standard InChI is InChI=1S/C15H20FNO5/c1-15(2,3)22-14(21)17-12(13(19)20)7-9-4-5-11(18)6-10(9)8-16/h4-6,12,18H,7-8H2,1-3H3,(H,17,21)(H,19,20). The fourth-order valence-corrected chi connectivity index (χ4v) is 1.81. The highest BCUT2D eigenvalue weighted by atomic mass is 19.1. The van der Waals surface area contributed by atoms with Gasteiger partial charge in [-0.15, -0.1) is 0 Å². The number of carboxylic acids is 1. The van der Waals surface area contributed by atoms with E-state index >= 15 is 0 Å². The van der Waals surface area contributed by atoms with Gasteiger partial charge in [-0.2, -0.15) is 0 Å². The Morgan fingerprint density at radius 2 is 1.95 bits per heavy atom. The zero-order chi connectivity index (χ0) is 16.9. The zero-order valence-electron chi connectivity index (χ0n) is 12.7. The van der Waals surface area contributed by atoms with E-state index in [1.807, 2.05) is 0 Å². The Hall–Kier alpha value is -2.31. The van der Waals surface area contributed by atoms with Crippen LogP contribution in [-0.2, 0) is 22.6 Å². The molecule has 0 aliphatic carbocycles. The van der Waals surface area contributed by atoms with Crippen molar-refractivity contribution in [1.82, 2.24) is 5.32 Å². The van der Waals surface area contributed by atoms with Crippen molar-refractivity contribution >= 4 is 12.1 Å². The van der Waals surface area contributed by atoms with Gasteiger partial charge in [0.15, 0.2) is 0 Å². The monoisotopic (exact) mass is 313 g/mol. The number of alkyl halides is 1. The second kappa shape index (κ2) is 7.11. The number of nitrogens with one attached hydrogen (secondary N) is 1. The van der Waals surface area contributed by atoms with Crippen molar-refractivity contribution in [2.45, 2.75) is 45.5 Å². The Balaban J connectivity index is 2.85. The van der Waals surface area contributed by atoms with E-state index < -0.39 is 30.4 Å². The number of hydrogen-bond acceptors (Lipinski definition) is 4. The quantitative estimate of drug-likeness (QED) is 0.775. The minimum Gasteiger partial charge on any atom is -0.508 e. The number of aliphatic carboxylic acids is 1. The van der Waals surface area contributed by atoms with Crippen LogP contribution in [-0.4, -0.2) is 33.9 Å². The molecule has 1 amide bonds. The molecule has 0 radical (unpaired) electrons. The zero-order valence-corrected chi connectivity index (χ0v) is 12.7. The second-order valence-electron chi connectivity index (χ2n) is 5.83. The van der Waals surface area contributed by atoms with E-state index in [0.29, 0.717) is 5.56 Å². The van der Waals surface area contributed by atoms with Crippen LogP contribution in [0.25, 0.3) is 0 Å². The van der Waals surface area contributed by atoms with Gasteiger partial charge in [-0.1, -0.05) is 6.07 Å². The Morgan fingerprint density at radius 3 is 2.45 bits per heavy atom. The lowest BCUT2D eigenvalue weighted by Crippen LogP contribution is -2.44. The van der Waals surface area contributed by atoms with Gasteiger partial charge in [-0.3, -0.25) is 0 Å². The molecule has 0 heterocycles. The number of carboxylic acid groups (broad SMARTS) is 1. The highest BCUT2D eigenvalue weighted by Crippen LogP contribution is 2.19. The van der Waals surface area contributed by atoms with E-state index in [1.165, 1.54) is 18.2 Å². The van der Waals surface area contributed by atoms with E-state index in [4.69, 9.17) is 4.74 Å². The number of amides is 1. The number of hydrogen-bond donors (Lipinski definition) is 3. The lowest BCUT2D eigenvalue weighted by atomic mass is 10.0. The average Bonchev–Trinajstić information content (AvgIpc) is 2.37. The molecule has 6 nitrogen and oxygen atoms in total. The smallest absolute Gasteiger partial charge is 0.408 e. The number of alkyl carbamates (subject to hydrolysis) is 1. The number of ether oxygens (including phenoxy) is 1. The molecule has 0 spiro atoms. The SMILES string of the molecule is CC(C)(C)OC(=O)NC(Cc1ccc(O)cc1CF)C(=O)O. The van der Waals surface area contributed by atoms with Crippen LogP contribution in [0.4, 0.5) is 9.18 Å². The van der Waals surface area contributed by atoms with E-state index in [9.17, 15) is 24.2 Å². The number of aromatic hydroxyl groups is 1. The molecule has 0 fully saturated rings. The predicted molar refractivity (Wildman–Crippen MR) is 77.4 cm³/mol. The minimum absolute atomic E-state index is 0.108. The molecule has 0 saturated heterocycles. The summed E-state index contributed by atoms with van der Waals surface area (Å²) in [6.45, 7) is 4.12. The van der Waals surface area contributed by atoms with Crippen molar-refractivity contribution in [3.05, 3.63) is 29.3 Å². The fraction of sp³-hybridized carbons (Fsp3) is 0.467. The Morgan fingerprint density at radius 1 is 1.32 bits per heavy atom. The first-order chi connectivity index (χ1) is 10.1. The first kappa shape index (κ1) is 17.7. The van der Waals surface area contributed by atoms with Gasteiger partial charge in [0, 0.05) is 6.42 Å². The molecule has 1 aromatic carbocycles. The molecule has 0 aromatic heterocycles. The van der Waals surface area contributed by atoms with Gasteiger partial charge in [-0.05, 0) is 44.0 Å². The summed E-state index contributed by atoms with van der Waals surface area (Å²) in [6.07, 6.45) is -0.978. The van der Waals surface area contributed by atoms with Crippen LogP contribution in [0.5, 0.6) is 5.75 Å². The van der Waals surface area contributed by atoms with Crippen LogP contribution < -0.4 is 5.32 Å². The van der Waals surface area contributed by atoms with E-state index in [-0.39, 0.29) is 17.7 Å². The fourth-order valence-electron chi connectivity index (χ4n) is 1.81. The maximum atomic E-state index is 12.9.